The minimum atomic E-state index is -0.0322. The molecule has 0 saturated carbocycles. The van der Waals surface area contributed by atoms with E-state index in [2.05, 4.69) is 26.2 Å². The topological polar surface area (TPSA) is 66.4 Å². The van der Waals surface area contributed by atoms with Crippen LogP contribution in [0.1, 0.15) is 23.3 Å². The van der Waals surface area contributed by atoms with Gasteiger partial charge in [-0.15, -0.1) is 0 Å². The summed E-state index contributed by atoms with van der Waals surface area (Å²) in [4.78, 5) is 11.5. The lowest BCUT2D eigenvalue weighted by atomic mass is 9.91. The summed E-state index contributed by atoms with van der Waals surface area (Å²) in [7, 11) is 0. The molecule has 4 heterocycles. The predicted octanol–water partition coefficient (Wildman–Crippen LogP) is 2.11. The Kier molecular flexibility index (Phi) is 3.90. The van der Waals surface area contributed by atoms with Crippen LogP contribution in [-0.2, 0) is 4.74 Å². The quantitative estimate of drug-likeness (QED) is 0.943. The van der Waals surface area contributed by atoms with E-state index in [1.807, 2.05) is 42.9 Å². The first kappa shape index (κ1) is 14.1. The Bertz CT molecular complexity index is 703. The van der Waals surface area contributed by atoms with Crippen LogP contribution < -0.4 is 4.90 Å². The number of H-pyrrole nitrogens is 1. The average Bonchev–Trinajstić information content (AvgIpc) is 3.13. The van der Waals surface area contributed by atoms with Crippen molar-refractivity contribution in [3.05, 3.63) is 54.1 Å². The first-order chi connectivity index (χ1) is 11.4. The molecular weight excluding hydrogens is 290 g/mol. The Balaban J connectivity index is 1.67. The maximum atomic E-state index is 5.45. The zero-order valence-electron chi connectivity index (χ0n) is 12.8. The second-order valence-corrected chi connectivity index (χ2v) is 5.68. The summed E-state index contributed by atoms with van der Waals surface area (Å²) in [5.74, 6) is 0.112. The molecule has 23 heavy (non-hydrogen) atoms. The standard InChI is InChI=1S/C17H19N5O/c1-2-6-18-14(5-1)13-4-3-7-19-16(13)17-15(12-20-21-17)22-8-10-23-11-9-22/h1-7,12-13,16H,8-11H2,(H,20,21). The molecule has 0 radical (unpaired) electrons. The molecule has 0 aromatic carbocycles. The van der Waals surface area contributed by atoms with Gasteiger partial charge in [0.2, 0.25) is 0 Å². The lowest BCUT2D eigenvalue weighted by molar-refractivity contribution is 0.122. The van der Waals surface area contributed by atoms with Gasteiger partial charge in [0.1, 0.15) is 6.04 Å². The van der Waals surface area contributed by atoms with Crippen LogP contribution in [0.25, 0.3) is 0 Å². The van der Waals surface area contributed by atoms with Crippen LogP contribution in [0.4, 0.5) is 5.69 Å². The highest BCUT2D eigenvalue weighted by Crippen LogP contribution is 2.39. The Morgan fingerprint density at radius 2 is 2.13 bits per heavy atom. The third-order valence-corrected chi connectivity index (χ3v) is 4.32. The average molecular weight is 309 g/mol. The summed E-state index contributed by atoms with van der Waals surface area (Å²) < 4.78 is 5.45. The summed E-state index contributed by atoms with van der Waals surface area (Å²) >= 11 is 0. The fraction of sp³-hybridized carbons (Fsp3) is 0.353. The van der Waals surface area contributed by atoms with E-state index < -0.39 is 0 Å². The van der Waals surface area contributed by atoms with Crippen LogP contribution in [0, 0.1) is 0 Å². The Morgan fingerprint density at radius 3 is 2.96 bits per heavy atom. The van der Waals surface area contributed by atoms with E-state index >= 15 is 0 Å². The van der Waals surface area contributed by atoms with Crippen LogP contribution in [0.2, 0.25) is 0 Å². The number of hydrogen-bond donors (Lipinski definition) is 1. The van der Waals surface area contributed by atoms with Crippen molar-refractivity contribution in [3.8, 4) is 0 Å². The van der Waals surface area contributed by atoms with E-state index in [-0.39, 0.29) is 12.0 Å². The molecule has 0 amide bonds. The number of hydrogen-bond acceptors (Lipinski definition) is 5. The molecule has 6 heteroatoms. The molecule has 118 valence electrons. The summed E-state index contributed by atoms with van der Waals surface area (Å²) in [5, 5.41) is 7.44. The van der Waals surface area contributed by atoms with Crippen molar-refractivity contribution in [3.63, 3.8) is 0 Å². The van der Waals surface area contributed by atoms with E-state index in [0.29, 0.717) is 0 Å². The van der Waals surface area contributed by atoms with E-state index in [1.165, 1.54) is 0 Å². The van der Waals surface area contributed by atoms with Gasteiger partial charge in [-0.05, 0) is 18.2 Å². The first-order valence-electron chi connectivity index (χ1n) is 7.90. The molecule has 2 atom stereocenters. The van der Waals surface area contributed by atoms with E-state index in [4.69, 9.17) is 9.73 Å². The number of aromatic amines is 1. The fourth-order valence-electron chi connectivity index (χ4n) is 3.16. The second kappa shape index (κ2) is 6.34. The lowest BCUT2D eigenvalue weighted by Gasteiger charge is -2.30. The number of rotatable bonds is 3. The van der Waals surface area contributed by atoms with Gasteiger partial charge in [-0.2, -0.15) is 5.10 Å². The number of allylic oxidation sites excluding steroid dienone is 1. The molecule has 0 bridgehead atoms. The van der Waals surface area contributed by atoms with Crippen molar-refractivity contribution >= 4 is 11.9 Å². The number of anilines is 1. The minimum Gasteiger partial charge on any atom is -0.378 e. The minimum absolute atomic E-state index is 0.0322. The summed E-state index contributed by atoms with van der Waals surface area (Å²) in [5.41, 5.74) is 3.18. The number of morpholine rings is 1. The van der Waals surface area contributed by atoms with Crippen molar-refractivity contribution in [2.75, 3.05) is 31.2 Å². The van der Waals surface area contributed by atoms with Gasteiger partial charge < -0.3 is 9.64 Å². The summed E-state index contributed by atoms with van der Waals surface area (Å²) in [6.45, 7) is 3.27. The molecule has 0 aliphatic carbocycles. The maximum absolute atomic E-state index is 5.45. The number of dihydropyridines is 1. The SMILES string of the molecule is C1=CC(c2ccccn2)C(c2[nH]ncc2N2CCOCC2)N=C1. The molecule has 1 saturated heterocycles. The van der Waals surface area contributed by atoms with Crippen molar-refractivity contribution < 1.29 is 4.74 Å². The largest absolute Gasteiger partial charge is 0.378 e. The van der Waals surface area contributed by atoms with Gasteiger partial charge >= 0.3 is 0 Å². The van der Waals surface area contributed by atoms with Gasteiger partial charge in [0.15, 0.2) is 0 Å². The number of nitrogens with one attached hydrogen (secondary N) is 1. The Morgan fingerprint density at radius 1 is 1.22 bits per heavy atom. The van der Waals surface area contributed by atoms with Crippen LogP contribution in [-0.4, -0.2) is 47.7 Å². The normalized spacial score (nSPS) is 24.1. The third-order valence-electron chi connectivity index (χ3n) is 4.32. The fourth-order valence-corrected chi connectivity index (χ4v) is 3.16. The molecule has 2 unspecified atom stereocenters. The van der Waals surface area contributed by atoms with Crippen molar-refractivity contribution in [1.82, 2.24) is 15.2 Å². The predicted molar refractivity (Wildman–Crippen MR) is 89.0 cm³/mol. The number of nitrogens with zero attached hydrogens (tertiary/aromatic N) is 4. The highest BCUT2D eigenvalue weighted by Gasteiger charge is 2.29. The zero-order valence-corrected chi connectivity index (χ0v) is 12.8. The molecule has 2 aromatic heterocycles. The summed E-state index contributed by atoms with van der Waals surface area (Å²) in [6.07, 6.45) is 9.72. The molecule has 6 nitrogen and oxygen atoms in total. The van der Waals surface area contributed by atoms with Crippen LogP contribution in [0.15, 0.2) is 47.7 Å². The Labute approximate surface area is 134 Å². The Hall–Kier alpha value is -2.47. The van der Waals surface area contributed by atoms with Gasteiger partial charge in [-0.1, -0.05) is 12.1 Å². The molecule has 2 aliphatic heterocycles. The van der Waals surface area contributed by atoms with Crippen LogP contribution in [0.5, 0.6) is 0 Å². The highest BCUT2D eigenvalue weighted by atomic mass is 16.5. The van der Waals surface area contributed by atoms with Gasteiger partial charge in [-0.3, -0.25) is 15.1 Å². The van der Waals surface area contributed by atoms with E-state index in [0.717, 1.165) is 43.4 Å². The van der Waals surface area contributed by atoms with Crippen molar-refractivity contribution in [1.29, 1.82) is 0 Å². The van der Waals surface area contributed by atoms with Gasteiger partial charge in [-0.25, -0.2) is 0 Å². The van der Waals surface area contributed by atoms with E-state index in [9.17, 15) is 0 Å². The second-order valence-electron chi connectivity index (χ2n) is 5.68. The zero-order chi connectivity index (χ0) is 15.5. The number of aliphatic imine (C=N–C) groups is 1. The molecule has 2 aliphatic rings. The monoisotopic (exact) mass is 309 g/mol. The van der Waals surface area contributed by atoms with Gasteiger partial charge in [0, 0.05) is 37.1 Å². The van der Waals surface area contributed by atoms with Gasteiger partial charge in [0.05, 0.1) is 30.8 Å². The summed E-state index contributed by atoms with van der Waals surface area (Å²) in [6, 6.07) is 5.97. The van der Waals surface area contributed by atoms with Crippen molar-refractivity contribution in [2.45, 2.75) is 12.0 Å². The lowest BCUT2D eigenvalue weighted by Crippen LogP contribution is -2.36. The highest BCUT2D eigenvalue weighted by molar-refractivity contribution is 5.73. The van der Waals surface area contributed by atoms with Crippen molar-refractivity contribution in [2.24, 2.45) is 4.99 Å². The smallest absolute Gasteiger partial charge is 0.105 e. The molecule has 0 spiro atoms. The van der Waals surface area contributed by atoms with Crippen LogP contribution >= 0.6 is 0 Å². The number of aromatic nitrogens is 3. The maximum Gasteiger partial charge on any atom is 0.105 e. The molecule has 1 fully saturated rings. The molecular formula is C17H19N5O. The molecule has 4 rings (SSSR count). The van der Waals surface area contributed by atoms with Crippen LogP contribution in [0.3, 0.4) is 0 Å². The van der Waals surface area contributed by atoms with Gasteiger partial charge in [0.25, 0.3) is 0 Å². The number of ether oxygens (including phenoxy) is 1. The molecule has 2 aromatic rings. The molecule has 1 N–H and O–H groups in total. The number of pyridine rings is 1. The first-order valence-corrected chi connectivity index (χ1v) is 7.90. The van der Waals surface area contributed by atoms with E-state index in [1.54, 1.807) is 0 Å². The third kappa shape index (κ3) is 2.77.